The molecule has 0 aliphatic rings. The Balaban J connectivity index is 1.28. The van der Waals surface area contributed by atoms with Crippen molar-refractivity contribution in [2.75, 3.05) is 31.8 Å². The van der Waals surface area contributed by atoms with Crippen molar-refractivity contribution in [1.29, 1.82) is 0 Å². The number of nitrogens with one attached hydrogen (secondary N) is 2. The molecule has 2 heterocycles. The molecule has 0 fully saturated rings. The summed E-state index contributed by atoms with van der Waals surface area (Å²) in [6.07, 6.45) is 0.643. The van der Waals surface area contributed by atoms with Crippen molar-refractivity contribution in [3.05, 3.63) is 64.4 Å². The van der Waals surface area contributed by atoms with Gasteiger partial charge in [0.15, 0.2) is 15.8 Å². The van der Waals surface area contributed by atoms with Crippen LogP contribution < -0.4 is 20.1 Å². The van der Waals surface area contributed by atoms with Crippen LogP contribution in [0.2, 0.25) is 5.02 Å². The number of hydrogen-bond acceptors (Lipinski definition) is 10. The molecule has 2 aromatic carbocycles. The molecular formula is C25H24ClN5O5S2. The molecule has 4 aromatic rings. The monoisotopic (exact) mass is 573 g/mol. The van der Waals surface area contributed by atoms with Gasteiger partial charge in [0.1, 0.15) is 17.0 Å². The Labute approximate surface area is 232 Å². The fourth-order valence-corrected chi connectivity index (χ4v) is 5.32. The minimum absolute atomic E-state index is 0.138. The summed E-state index contributed by atoms with van der Waals surface area (Å²) >= 11 is 8.67. The highest BCUT2D eigenvalue weighted by Crippen LogP contribution is 2.32. The maximum Gasteiger partial charge on any atom is 0.263 e. The molecule has 198 valence electrons. The number of carbonyl (C=O) groups excluding carboxylic acids is 2. The van der Waals surface area contributed by atoms with Crippen LogP contribution >= 0.6 is 34.7 Å². The first-order chi connectivity index (χ1) is 18.4. The number of anilines is 1. The lowest BCUT2D eigenvalue weighted by Gasteiger charge is -2.10. The number of ether oxygens (including phenoxy) is 2. The normalized spacial score (nSPS) is 10.7. The highest BCUT2D eigenvalue weighted by Gasteiger charge is 2.24. The van der Waals surface area contributed by atoms with Crippen molar-refractivity contribution in [1.82, 2.24) is 20.7 Å². The topological polar surface area (TPSA) is 128 Å². The zero-order valence-electron chi connectivity index (χ0n) is 20.7. The Morgan fingerprint density at radius 1 is 1.11 bits per heavy atom. The first-order valence-electron chi connectivity index (χ1n) is 11.4. The summed E-state index contributed by atoms with van der Waals surface area (Å²) in [6, 6.07) is 12.7. The maximum atomic E-state index is 13.0. The Hall–Kier alpha value is -3.61. The van der Waals surface area contributed by atoms with Crippen LogP contribution in [0.4, 0.5) is 5.13 Å². The molecule has 0 aliphatic carbocycles. The number of amides is 2. The number of thioether (sulfide) groups is 1. The lowest BCUT2D eigenvalue weighted by atomic mass is 10.1. The molecule has 0 bridgehead atoms. The Morgan fingerprint density at radius 3 is 2.66 bits per heavy atom. The average Bonchev–Trinajstić information content (AvgIpc) is 3.53. The van der Waals surface area contributed by atoms with Crippen molar-refractivity contribution < 1.29 is 23.6 Å². The van der Waals surface area contributed by atoms with Crippen molar-refractivity contribution in [3.63, 3.8) is 0 Å². The molecule has 0 unspecified atom stereocenters. The molecule has 0 spiro atoms. The van der Waals surface area contributed by atoms with Gasteiger partial charge in [-0.15, -0.1) is 10.2 Å². The minimum atomic E-state index is -0.445. The molecule has 4 rings (SSSR count). The van der Waals surface area contributed by atoms with Gasteiger partial charge >= 0.3 is 0 Å². The second kappa shape index (κ2) is 12.8. The van der Waals surface area contributed by atoms with Crippen LogP contribution in [0.15, 0.2) is 51.3 Å². The van der Waals surface area contributed by atoms with E-state index in [1.54, 1.807) is 45.4 Å². The molecule has 2 aromatic heterocycles. The van der Waals surface area contributed by atoms with Crippen LogP contribution in [0.5, 0.6) is 11.5 Å². The van der Waals surface area contributed by atoms with Crippen LogP contribution in [0.1, 0.15) is 21.7 Å². The number of benzene rings is 2. The van der Waals surface area contributed by atoms with E-state index in [-0.39, 0.29) is 22.4 Å². The summed E-state index contributed by atoms with van der Waals surface area (Å²) in [5, 5.41) is 18.4. The van der Waals surface area contributed by atoms with Crippen LogP contribution in [0, 0.1) is 6.92 Å². The Morgan fingerprint density at radius 2 is 1.89 bits per heavy atom. The first kappa shape index (κ1) is 27.4. The third-order valence-corrected chi connectivity index (χ3v) is 7.66. The number of halogens is 1. The number of carbonyl (C=O) groups is 2. The van der Waals surface area contributed by atoms with Crippen molar-refractivity contribution in [3.8, 4) is 22.8 Å². The van der Waals surface area contributed by atoms with Gasteiger partial charge in [-0.1, -0.05) is 64.1 Å². The summed E-state index contributed by atoms with van der Waals surface area (Å²) in [7, 11) is 3.17. The highest BCUT2D eigenvalue weighted by molar-refractivity contribution is 8.01. The van der Waals surface area contributed by atoms with E-state index in [1.807, 2.05) is 18.2 Å². The van der Waals surface area contributed by atoms with Crippen molar-refractivity contribution in [2.24, 2.45) is 0 Å². The number of nitrogens with zero attached hydrogens (tertiary/aromatic N) is 3. The smallest absolute Gasteiger partial charge is 0.263 e. The summed E-state index contributed by atoms with van der Waals surface area (Å²) in [5.74, 6) is 1.23. The minimum Gasteiger partial charge on any atom is -0.493 e. The third kappa shape index (κ3) is 6.63. The van der Waals surface area contributed by atoms with E-state index in [0.29, 0.717) is 50.8 Å². The SMILES string of the molecule is COc1ccc(CCNC(=O)CSc2nnc(NC(=O)c3c(-c4ccccc4Cl)noc3C)s2)cc1OC. The standard InChI is InChI=1S/C25H24ClN5O5S2/c1-14-21(22(31-36-14)16-6-4-5-7-17(16)26)23(33)28-24-29-30-25(38-24)37-13-20(32)27-11-10-15-8-9-18(34-2)19(12-15)35-3/h4-9,12H,10-11,13H2,1-3H3,(H,27,32)(H,28,29,33). The maximum absolute atomic E-state index is 13.0. The quantitative estimate of drug-likeness (QED) is 0.190. The van der Waals surface area contributed by atoms with Crippen molar-refractivity contribution >= 4 is 51.6 Å². The van der Waals surface area contributed by atoms with E-state index in [0.717, 1.165) is 5.56 Å². The van der Waals surface area contributed by atoms with Gasteiger partial charge in [-0.2, -0.15) is 0 Å². The van der Waals surface area contributed by atoms with Crippen LogP contribution in [-0.4, -0.2) is 53.7 Å². The molecule has 13 heteroatoms. The third-order valence-electron chi connectivity index (χ3n) is 5.36. The molecule has 10 nitrogen and oxygen atoms in total. The Bertz CT molecular complexity index is 1440. The molecule has 0 radical (unpaired) electrons. The van der Waals surface area contributed by atoms with Crippen LogP contribution in [-0.2, 0) is 11.2 Å². The molecule has 0 aliphatic heterocycles. The van der Waals surface area contributed by atoms with Gasteiger partial charge in [0.2, 0.25) is 11.0 Å². The average molecular weight is 574 g/mol. The lowest BCUT2D eigenvalue weighted by Crippen LogP contribution is -2.27. The van der Waals surface area contributed by atoms with E-state index in [9.17, 15) is 9.59 Å². The van der Waals surface area contributed by atoms with Gasteiger partial charge in [0.25, 0.3) is 5.91 Å². The fraction of sp³-hybridized carbons (Fsp3) is 0.240. The number of methoxy groups -OCH3 is 2. The van der Waals surface area contributed by atoms with E-state index in [1.165, 1.54) is 23.1 Å². The second-order valence-corrected chi connectivity index (χ2v) is 10.5. The molecule has 0 saturated carbocycles. The summed E-state index contributed by atoms with van der Waals surface area (Å²) < 4.78 is 16.3. The first-order valence-corrected chi connectivity index (χ1v) is 13.5. The van der Waals surface area contributed by atoms with Gasteiger partial charge in [-0.25, -0.2) is 0 Å². The Kier molecular flexibility index (Phi) is 9.21. The van der Waals surface area contributed by atoms with Crippen LogP contribution in [0.3, 0.4) is 0 Å². The second-order valence-electron chi connectivity index (χ2n) is 7.85. The number of rotatable bonds is 11. The van der Waals surface area contributed by atoms with Gasteiger partial charge in [0, 0.05) is 12.1 Å². The lowest BCUT2D eigenvalue weighted by molar-refractivity contribution is -0.118. The fourth-order valence-electron chi connectivity index (χ4n) is 3.52. The summed E-state index contributed by atoms with van der Waals surface area (Å²) in [5.41, 5.74) is 2.20. The van der Waals surface area contributed by atoms with E-state index in [2.05, 4.69) is 26.0 Å². The highest BCUT2D eigenvalue weighted by atomic mass is 35.5. The van der Waals surface area contributed by atoms with Gasteiger partial charge in [-0.05, 0) is 37.1 Å². The zero-order chi connectivity index (χ0) is 27.1. The van der Waals surface area contributed by atoms with Gasteiger partial charge < -0.3 is 19.3 Å². The molecule has 2 N–H and O–H groups in total. The summed E-state index contributed by atoms with van der Waals surface area (Å²) in [6.45, 7) is 2.12. The molecule has 0 atom stereocenters. The number of hydrogen-bond donors (Lipinski definition) is 2. The van der Waals surface area contributed by atoms with E-state index < -0.39 is 5.91 Å². The molecule has 2 amide bonds. The number of aromatic nitrogens is 3. The van der Waals surface area contributed by atoms with E-state index in [4.69, 9.17) is 25.6 Å². The predicted molar refractivity (Wildman–Crippen MR) is 147 cm³/mol. The van der Waals surface area contributed by atoms with Gasteiger partial charge in [0.05, 0.1) is 25.0 Å². The van der Waals surface area contributed by atoms with E-state index >= 15 is 0 Å². The molecular weight excluding hydrogens is 550 g/mol. The van der Waals surface area contributed by atoms with Gasteiger partial charge in [-0.3, -0.25) is 14.9 Å². The van der Waals surface area contributed by atoms with Crippen molar-refractivity contribution in [2.45, 2.75) is 17.7 Å². The predicted octanol–water partition coefficient (Wildman–Crippen LogP) is 4.88. The van der Waals surface area contributed by atoms with Crippen LogP contribution in [0.25, 0.3) is 11.3 Å². The zero-order valence-corrected chi connectivity index (χ0v) is 23.1. The summed E-state index contributed by atoms with van der Waals surface area (Å²) in [4.78, 5) is 25.3. The largest absolute Gasteiger partial charge is 0.493 e. The molecule has 38 heavy (non-hydrogen) atoms. The molecule has 0 saturated heterocycles. The number of aryl methyl sites for hydroxylation is 1.